The Morgan fingerprint density at radius 2 is 2.07 bits per heavy atom. The summed E-state index contributed by atoms with van der Waals surface area (Å²) in [7, 11) is 0. The molecule has 0 unspecified atom stereocenters. The number of hydrogen-bond donors (Lipinski definition) is 0. The van der Waals surface area contributed by atoms with Crippen molar-refractivity contribution in [2.45, 2.75) is 37.7 Å². The number of aryl methyl sites for hydroxylation is 1. The lowest BCUT2D eigenvalue weighted by Crippen LogP contribution is -2.45. The minimum atomic E-state index is -0.156. The third kappa shape index (κ3) is 1.13. The fourth-order valence-electron chi connectivity index (χ4n) is 2.41. The van der Waals surface area contributed by atoms with Gasteiger partial charge in [-0.2, -0.15) is 0 Å². The second kappa shape index (κ2) is 2.72. The number of hydrogen-bond acceptors (Lipinski definition) is 1. The van der Waals surface area contributed by atoms with Gasteiger partial charge in [-0.15, -0.1) is 0 Å². The molecule has 0 aromatic heterocycles. The van der Waals surface area contributed by atoms with Crippen molar-refractivity contribution in [2.24, 2.45) is 0 Å². The largest absolute Gasteiger partial charge is 0.487 e. The maximum Gasteiger partial charge on any atom is 0.123 e. The van der Waals surface area contributed by atoms with E-state index in [0.29, 0.717) is 0 Å². The first-order chi connectivity index (χ1) is 6.77. The Kier molecular flexibility index (Phi) is 1.61. The van der Waals surface area contributed by atoms with Crippen LogP contribution in [0.1, 0.15) is 31.2 Å². The third-order valence-electron chi connectivity index (χ3n) is 3.46. The van der Waals surface area contributed by atoms with Gasteiger partial charge in [0.15, 0.2) is 0 Å². The van der Waals surface area contributed by atoms with Crippen LogP contribution in [0.2, 0.25) is 0 Å². The van der Waals surface area contributed by atoms with Gasteiger partial charge >= 0.3 is 0 Å². The van der Waals surface area contributed by atoms with Crippen molar-refractivity contribution >= 4 is 0 Å². The molecule has 1 fully saturated rings. The molecule has 0 radical (unpaired) electrons. The molecule has 1 aromatic rings. The summed E-state index contributed by atoms with van der Waals surface area (Å²) in [4.78, 5) is 0. The van der Waals surface area contributed by atoms with Crippen molar-refractivity contribution in [1.29, 1.82) is 0 Å². The molecule has 2 aliphatic rings. The Morgan fingerprint density at radius 1 is 1.21 bits per heavy atom. The van der Waals surface area contributed by atoms with Gasteiger partial charge in [0.05, 0.1) is 0 Å². The molecular formula is C12H13FO. The number of halogens is 1. The highest BCUT2D eigenvalue weighted by Crippen LogP contribution is 2.44. The van der Waals surface area contributed by atoms with E-state index >= 15 is 0 Å². The molecule has 0 amide bonds. The number of rotatable bonds is 0. The fourth-order valence-corrected chi connectivity index (χ4v) is 2.41. The Balaban J connectivity index is 1.94. The van der Waals surface area contributed by atoms with Gasteiger partial charge < -0.3 is 4.74 Å². The lowest BCUT2D eigenvalue weighted by atomic mass is 9.74. The predicted molar refractivity (Wildman–Crippen MR) is 51.9 cm³/mol. The zero-order valence-electron chi connectivity index (χ0n) is 8.05. The lowest BCUT2D eigenvalue weighted by molar-refractivity contribution is -0.0250. The zero-order chi connectivity index (χ0) is 9.60. The fraction of sp³-hybridized carbons (Fsp3) is 0.500. The van der Waals surface area contributed by atoms with Gasteiger partial charge in [-0.05, 0) is 55.9 Å². The minimum absolute atomic E-state index is 0.116. The van der Waals surface area contributed by atoms with Crippen LogP contribution in [-0.2, 0) is 6.42 Å². The topological polar surface area (TPSA) is 9.23 Å². The van der Waals surface area contributed by atoms with E-state index in [-0.39, 0.29) is 11.4 Å². The number of benzene rings is 1. The Hall–Kier alpha value is -1.05. The first-order valence-corrected chi connectivity index (χ1v) is 5.25. The van der Waals surface area contributed by atoms with E-state index in [1.807, 2.05) is 0 Å². The smallest absolute Gasteiger partial charge is 0.123 e. The molecule has 1 aliphatic carbocycles. The Labute approximate surface area is 82.9 Å². The first kappa shape index (κ1) is 8.27. The van der Waals surface area contributed by atoms with Gasteiger partial charge in [0.2, 0.25) is 0 Å². The second-order valence-electron chi connectivity index (χ2n) is 4.39. The lowest BCUT2D eigenvalue weighted by Gasteiger charge is -2.45. The summed E-state index contributed by atoms with van der Waals surface area (Å²) in [5.74, 6) is 0.745. The van der Waals surface area contributed by atoms with E-state index in [4.69, 9.17) is 4.74 Å². The Bertz CT molecular complexity index is 369. The van der Waals surface area contributed by atoms with E-state index < -0.39 is 0 Å². The average Bonchev–Trinajstić information content (AvgIpc) is 2.15. The van der Waals surface area contributed by atoms with Crippen molar-refractivity contribution < 1.29 is 9.13 Å². The summed E-state index contributed by atoms with van der Waals surface area (Å²) in [5.41, 5.74) is 1.15. The quantitative estimate of drug-likeness (QED) is 0.613. The van der Waals surface area contributed by atoms with Crippen LogP contribution in [0.3, 0.4) is 0 Å². The average molecular weight is 192 g/mol. The summed E-state index contributed by atoms with van der Waals surface area (Å²) in [6, 6.07) is 4.85. The van der Waals surface area contributed by atoms with E-state index in [1.165, 1.54) is 25.3 Å². The monoisotopic (exact) mass is 192 g/mol. The molecule has 1 aromatic carbocycles. The molecule has 0 saturated heterocycles. The summed E-state index contributed by atoms with van der Waals surface area (Å²) in [5, 5.41) is 0. The number of fused-ring (bicyclic) bond motifs is 1. The second-order valence-corrected chi connectivity index (χ2v) is 4.39. The maximum atomic E-state index is 12.9. The molecule has 1 nitrogen and oxygen atoms in total. The maximum absolute atomic E-state index is 12.9. The SMILES string of the molecule is Fc1ccc2c(c1)CCC1(CCC1)O2. The molecule has 1 saturated carbocycles. The van der Waals surface area contributed by atoms with Gasteiger partial charge in [0, 0.05) is 0 Å². The third-order valence-corrected chi connectivity index (χ3v) is 3.46. The predicted octanol–water partition coefficient (Wildman–Crippen LogP) is 3.07. The van der Waals surface area contributed by atoms with Crippen LogP contribution in [-0.4, -0.2) is 5.60 Å². The minimum Gasteiger partial charge on any atom is -0.487 e. The molecule has 3 rings (SSSR count). The summed E-state index contributed by atoms with van der Waals surface area (Å²) >= 11 is 0. The summed E-state index contributed by atoms with van der Waals surface area (Å²) in [6.07, 6.45) is 5.64. The van der Waals surface area contributed by atoms with Gasteiger partial charge in [0.25, 0.3) is 0 Å². The van der Waals surface area contributed by atoms with E-state index in [0.717, 1.165) is 24.2 Å². The van der Waals surface area contributed by atoms with E-state index in [1.54, 1.807) is 12.1 Å². The summed E-state index contributed by atoms with van der Waals surface area (Å²) < 4.78 is 18.9. The van der Waals surface area contributed by atoms with Crippen LogP contribution in [0.5, 0.6) is 5.75 Å². The van der Waals surface area contributed by atoms with Gasteiger partial charge in [-0.1, -0.05) is 0 Å². The molecular weight excluding hydrogens is 179 g/mol. The highest BCUT2D eigenvalue weighted by molar-refractivity contribution is 5.37. The molecule has 1 heterocycles. The molecule has 74 valence electrons. The normalized spacial score (nSPS) is 22.4. The van der Waals surface area contributed by atoms with Crippen molar-refractivity contribution in [3.8, 4) is 5.75 Å². The molecule has 0 atom stereocenters. The molecule has 0 N–H and O–H groups in total. The van der Waals surface area contributed by atoms with Crippen LogP contribution in [0.15, 0.2) is 18.2 Å². The highest BCUT2D eigenvalue weighted by Gasteiger charge is 2.41. The van der Waals surface area contributed by atoms with Crippen molar-refractivity contribution in [1.82, 2.24) is 0 Å². The number of ether oxygens (including phenoxy) is 1. The van der Waals surface area contributed by atoms with Crippen molar-refractivity contribution in [3.05, 3.63) is 29.6 Å². The molecule has 2 heteroatoms. The first-order valence-electron chi connectivity index (χ1n) is 5.25. The highest BCUT2D eigenvalue weighted by atomic mass is 19.1. The molecule has 1 aliphatic heterocycles. The summed E-state index contributed by atoms with van der Waals surface area (Å²) in [6.45, 7) is 0. The van der Waals surface area contributed by atoms with Crippen molar-refractivity contribution in [2.75, 3.05) is 0 Å². The van der Waals surface area contributed by atoms with Crippen LogP contribution < -0.4 is 4.74 Å². The van der Waals surface area contributed by atoms with Crippen molar-refractivity contribution in [3.63, 3.8) is 0 Å². The standard InChI is InChI=1S/C12H13FO/c13-10-2-3-11-9(8-10)4-7-12(14-11)5-1-6-12/h2-3,8H,1,4-7H2. The van der Waals surface area contributed by atoms with Gasteiger partial charge in [-0.25, -0.2) is 4.39 Å². The van der Waals surface area contributed by atoms with E-state index in [9.17, 15) is 4.39 Å². The van der Waals surface area contributed by atoms with E-state index in [2.05, 4.69) is 0 Å². The zero-order valence-corrected chi connectivity index (χ0v) is 8.05. The van der Waals surface area contributed by atoms with Gasteiger partial charge in [-0.3, -0.25) is 0 Å². The molecule has 0 bridgehead atoms. The molecule has 1 spiro atoms. The van der Waals surface area contributed by atoms with Crippen LogP contribution in [0.25, 0.3) is 0 Å². The van der Waals surface area contributed by atoms with Crippen LogP contribution in [0, 0.1) is 5.82 Å². The van der Waals surface area contributed by atoms with Crippen LogP contribution >= 0.6 is 0 Å². The van der Waals surface area contributed by atoms with Gasteiger partial charge in [0.1, 0.15) is 17.2 Å². The Morgan fingerprint density at radius 3 is 2.79 bits per heavy atom. The molecule has 14 heavy (non-hydrogen) atoms. The van der Waals surface area contributed by atoms with Crippen LogP contribution in [0.4, 0.5) is 4.39 Å².